The summed E-state index contributed by atoms with van der Waals surface area (Å²) >= 11 is 3.30. The molecule has 0 aliphatic rings. The van der Waals surface area contributed by atoms with E-state index in [1.165, 1.54) is 12.4 Å². The quantitative estimate of drug-likeness (QED) is 0.496. The first-order valence-electron chi connectivity index (χ1n) is 5.56. The van der Waals surface area contributed by atoms with Gasteiger partial charge in [-0.1, -0.05) is 21.1 Å². The Balaban J connectivity index is 1.91. The van der Waals surface area contributed by atoms with Gasteiger partial charge >= 0.3 is 0 Å². The molecule has 0 amide bonds. The number of rotatable bonds is 6. The van der Waals surface area contributed by atoms with Crippen LogP contribution in [0.3, 0.4) is 0 Å². The highest BCUT2D eigenvalue weighted by Gasteiger charge is 2.13. The zero-order valence-corrected chi connectivity index (χ0v) is 11.5. The van der Waals surface area contributed by atoms with Crippen LogP contribution in [-0.2, 0) is 13.0 Å². The molecule has 0 radical (unpaired) electrons. The zero-order valence-electron chi connectivity index (χ0n) is 9.88. The first-order chi connectivity index (χ1) is 9.16. The van der Waals surface area contributed by atoms with Gasteiger partial charge in [0.25, 0.3) is 5.69 Å². The Hall–Kier alpha value is -1.80. The third-order valence-corrected chi connectivity index (χ3v) is 2.97. The minimum Gasteiger partial charge on any atom is -0.340 e. The molecule has 0 saturated heterocycles. The second kappa shape index (κ2) is 6.39. The van der Waals surface area contributed by atoms with Crippen molar-refractivity contribution in [1.29, 1.82) is 0 Å². The lowest BCUT2D eigenvalue weighted by molar-refractivity contribution is -0.385. The van der Waals surface area contributed by atoms with Crippen molar-refractivity contribution in [3.63, 3.8) is 0 Å². The molecule has 2 rings (SSSR count). The highest BCUT2D eigenvalue weighted by Crippen LogP contribution is 2.22. The fourth-order valence-electron chi connectivity index (χ4n) is 1.60. The maximum Gasteiger partial charge on any atom is 0.273 e. The number of nitrogens with zero attached hydrogens (tertiary/aromatic N) is 3. The van der Waals surface area contributed by atoms with Gasteiger partial charge in [-0.15, -0.1) is 0 Å². The van der Waals surface area contributed by atoms with Gasteiger partial charge in [0.15, 0.2) is 6.33 Å². The lowest BCUT2D eigenvalue weighted by atomic mass is 10.2. The normalized spacial score (nSPS) is 10.6. The summed E-state index contributed by atoms with van der Waals surface area (Å²) in [5.41, 5.74) is 0.735. The van der Waals surface area contributed by atoms with E-state index in [4.69, 9.17) is 4.52 Å². The standard InChI is InChI=1S/C11H11BrN4O3/c12-9-1-2-10(16(17)18)8(5-9)6-13-4-3-11-14-7-15-19-11/h1-2,5,7,13H,3-4,6H2. The Morgan fingerprint density at radius 1 is 1.47 bits per heavy atom. The maximum absolute atomic E-state index is 10.9. The molecule has 0 atom stereocenters. The van der Waals surface area contributed by atoms with Crippen molar-refractivity contribution in [2.45, 2.75) is 13.0 Å². The van der Waals surface area contributed by atoms with E-state index in [1.54, 1.807) is 12.1 Å². The summed E-state index contributed by atoms with van der Waals surface area (Å²) in [5.74, 6) is 0.538. The first kappa shape index (κ1) is 13.6. The average Bonchev–Trinajstić information content (AvgIpc) is 2.87. The molecule has 1 heterocycles. The number of nitro groups is 1. The Bertz CT molecular complexity index is 559. The largest absolute Gasteiger partial charge is 0.340 e. The summed E-state index contributed by atoms with van der Waals surface area (Å²) in [6.07, 6.45) is 1.93. The summed E-state index contributed by atoms with van der Waals surface area (Å²) in [7, 11) is 0. The second-order valence-electron chi connectivity index (χ2n) is 3.79. The topological polar surface area (TPSA) is 94.1 Å². The number of hydrogen-bond donors (Lipinski definition) is 1. The molecule has 7 nitrogen and oxygen atoms in total. The van der Waals surface area contributed by atoms with Crippen LogP contribution in [0.2, 0.25) is 0 Å². The van der Waals surface area contributed by atoms with Crippen LogP contribution in [0, 0.1) is 10.1 Å². The molecule has 0 aliphatic heterocycles. The summed E-state index contributed by atoms with van der Waals surface area (Å²) in [6.45, 7) is 1.01. The lowest BCUT2D eigenvalue weighted by Gasteiger charge is -2.05. The van der Waals surface area contributed by atoms with Crippen LogP contribution in [0.5, 0.6) is 0 Å². The van der Waals surface area contributed by atoms with Gasteiger partial charge in [0.2, 0.25) is 5.89 Å². The molecular formula is C11H11BrN4O3. The van der Waals surface area contributed by atoms with E-state index >= 15 is 0 Å². The molecule has 100 valence electrons. The van der Waals surface area contributed by atoms with Crippen LogP contribution in [0.1, 0.15) is 11.5 Å². The van der Waals surface area contributed by atoms with E-state index in [0.717, 1.165) is 4.47 Å². The van der Waals surface area contributed by atoms with Gasteiger partial charge in [-0.25, -0.2) is 0 Å². The predicted octanol–water partition coefficient (Wildman–Crippen LogP) is 2.07. The maximum atomic E-state index is 10.9. The Morgan fingerprint density at radius 3 is 3.00 bits per heavy atom. The number of hydrogen-bond acceptors (Lipinski definition) is 6. The van der Waals surface area contributed by atoms with Crippen LogP contribution in [-0.4, -0.2) is 21.6 Å². The van der Waals surface area contributed by atoms with Gasteiger partial charge in [-0.2, -0.15) is 4.98 Å². The number of halogens is 1. The van der Waals surface area contributed by atoms with Crippen LogP contribution in [0.4, 0.5) is 5.69 Å². The van der Waals surface area contributed by atoms with Crippen LogP contribution in [0.15, 0.2) is 33.5 Å². The Morgan fingerprint density at radius 2 is 2.32 bits per heavy atom. The molecular weight excluding hydrogens is 316 g/mol. The average molecular weight is 327 g/mol. The van der Waals surface area contributed by atoms with E-state index in [-0.39, 0.29) is 10.6 Å². The smallest absolute Gasteiger partial charge is 0.273 e. The molecule has 0 saturated carbocycles. The predicted molar refractivity (Wildman–Crippen MR) is 70.5 cm³/mol. The summed E-state index contributed by atoms with van der Waals surface area (Å²) in [5, 5.41) is 17.5. The number of nitro benzene ring substituents is 1. The fourth-order valence-corrected chi connectivity index (χ4v) is 2.01. The molecule has 0 fully saturated rings. The van der Waals surface area contributed by atoms with E-state index in [9.17, 15) is 10.1 Å². The van der Waals surface area contributed by atoms with E-state index in [0.29, 0.717) is 31.0 Å². The minimum absolute atomic E-state index is 0.105. The second-order valence-corrected chi connectivity index (χ2v) is 4.71. The number of aromatic nitrogens is 2. The molecule has 19 heavy (non-hydrogen) atoms. The third kappa shape index (κ3) is 3.83. The van der Waals surface area contributed by atoms with Gasteiger partial charge in [0.05, 0.1) is 4.92 Å². The minimum atomic E-state index is -0.387. The van der Waals surface area contributed by atoms with Gasteiger partial charge in [-0.3, -0.25) is 10.1 Å². The van der Waals surface area contributed by atoms with E-state index in [2.05, 4.69) is 31.4 Å². The van der Waals surface area contributed by atoms with Crippen LogP contribution in [0.25, 0.3) is 0 Å². The summed E-state index contributed by atoms with van der Waals surface area (Å²) in [6, 6.07) is 4.87. The van der Waals surface area contributed by atoms with E-state index in [1.807, 2.05) is 0 Å². The van der Waals surface area contributed by atoms with Gasteiger partial charge in [-0.05, 0) is 12.1 Å². The zero-order chi connectivity index (χ0) is 13.7. The van der Waals surface area contributed by atoms with Crippen molar-refractivity contribution in [3.8, 4) is 0 Å². The van der Waals surface area contributed by atoms with Gasteiger partial charge in [0, 0.05) is 35.6 Å². The van der Waals surface area contributed by atoms with Crippen molar-refractivity contribution in [2.24, 2.45) is 0 Å². The van der Waals surface area contributed by atoms with Gasteiger partial charge in [0.1, 0.15) is 0 Å². The van der Waals surface area contributed by atoms with Crippen molar-refractivity contribution in [2.75, 3.05) is 6.54 Å². The molecule has 0 unspecified atom stereocenters. The molecule has 1 aromatic carbocycles. The van der Waals surface area contributed by atoms with E-state index < -0.39 is 0 Å². The Kier molecular flexibility index (Phi) is 4.58. The number of nitrogens with one attached hydrogen (secondary N) is 1. The molecule has 0 aliphatic carbocycles. The van der Waals surface area contributed by atoms with Crippen LogP contribution < -0.4 is 5.32 Å². The lowest BCUT2D eigenvalue weighted by Crippen LogP contribution is -2.17. The van der Waals surface area contributed by atoms with Gasteiger partial charge < -0.3 is 9.84 Å². The third-order valence-electron chi connectivity index (χ3n) is 2.48. The van der Waals surface area contributed by atoms with Crippen molar-refractivity contribution >= 4 is 21.6 Å². The van der Waals surface area contributed by atoms with Crippen molar-refractivity contribution in [3.05, 3.63) is 50.6 Å². The molecule has 1 aromatic heterocycles. The monoisotopic (exact) mass is 326 g/mol. The Labute approximate surface area is 117 Å². The number of benzene rings is 1. The SMILES string of the molecule is O=[N+]([O-])c1ccc(Br)cc1CNCCc1ncno1. The molecule has 0 spiro atoms. The highest BCUT2D eigenvalue weighted by molar-refractivity contribution is 9.10. The molecule has 8 heteroatoms. The highest BCUT2D eigenvalue weighted by atomic mass is 79.9. The van der Waals surface area contributed by atoms with Crippen molar-refractivity contribution < 1.29 is 9.45 Å². The fraction of sp³-hybridized carbons (Fsp3) is 0.273. The summed E-state index contributed by atoms with van der Waals surface area (Å²) < 4.78 is 5.66. The summed E-state index contributed by atoms with van der Waals surface area (Å²) in [4.78, 5) is 14.4. The first-order valence-corrected chi connectivity index (χ1v) is 6.35. The molecule has 0 bridgehead atoms. The van der Waals surface area contributed by atoms with Crippen LogP contribution >= 0.6 is 15.9 Å². The van der Waals surface area contributed by atoms with Crippen molar-refractivity contribution in [1.82, 2.24) is 15.5 Å². The molecule has 1 N–H and O–H groups in total. The molecule has 2 aromatic rings.